The topological polar surface area (TPSA) is 47.8 Å². The molecular formula is C15H19N3OS. The predicted molar refractivity (Wildman–Crippen MR) is 81.8 cm³/mol. The molecule has 0 atom stereocenters. The standard InChI is InChI=1S/C15H19N3OS/c1-11-6-4-8-13(10-11)14-16-17-15(18(14)3)20-9-5-7-12(2)19/h4,6,8,10H,5,7,9H2,1-3H3. The number of carbonyl (C=O) groups excluding carboxylic acids is 1. The number of hydrogen-bond donors (Lipinski definition) is 0. The summed E-state index contributed by atoms with van der Waals surface area (Å²) in [4.78, 5) is 10.9. The number of aromatic nitrogens is 3. The second-order valence-electron chi connectivity index (χ2n) is 4.89. The summed E-state index contributed by atoms with van der Waals surface area (Å²) in [6, 6.07) is 8.24. The monoisotopic (exact) mass is 289 g/mol. The molecule has 1 aromatic carbocycles. The van der Waals surface area contributed by atoms with E-state index in [0.717, 1.165) is 28.7 Å². The van der Waals surface area contributed by atoms with Gasteiger partial charge >= 0.3 is 0 Å². The van der Waals surface area contributed by atoms with E-state index in [0.29, 0.717) is 6.42 Å². The number of hydrogen-bond acceptors (Lipinski definition) is 4. The minimum absolute atomic E-state index is 0.240. The van der Waals surface area contributed by atoms with E-state index in [-0.39, 0.29) is 5.78 Å². The van der Waals surface area contributed by atoms with Crippen LogP contribution in [-0.4, -0.2) is 26.3 Å². The Morgan fingerprint density at radius 1 is 1.35 bits per heavy atom. The number of carbonyl (C=O) groups is 1. The summed E-state index contributed by atoms with van der Waals surface area (Å²) < 4.78 is 2.01. The maximum atomic E-state index is 10.9. The fourth-order valence-electron chi connectivity index (χ4n) is 1.96. The van der Waals surface area contributed by atoms with Crippen molar-refractivity contribution in [3.05, 3.63) is 29.8 Å². The van der Waals surface area contributed by atoms with E-state index < -0.39 is 0 Å². The van der Waals surface area contributed by atoms with E-state index in [1.54, 1.807) is 18.7 Å². The molecule has 0 unspecified atom stereocenters. The number of benzene rings is 1. The highest BCUT2D eigenvalue weighted by Crippen LogP contribution is 2.23. The lowest BCUT2D eigenvalue weighted by molar-refractivity contribution is -0.117. The molecule has 4 nitrogen and oxygen atoms in total. The van der Waals surface area contributed by atoms with Gasteiger partial charge in [0.2, 0.25) is 0 Å². The van der Waals surface area contributed by atoms with Gasteiger partial charge in [0, 0.05) is 24.8 Å². The highest BCUT2D eigenvalue weighted by Gasteiger charge is 2.11. The molecule has 0 fully saturated rings. The summed E-state index contributed by atoms with van der Waals surface area (Å²) in [6.45, 7) is 3.69. The smallest absolute Gasteiger partial charge is 0.191 e. The van der Waals surface area contributed by atoms with Gasteiger partial charge in [-0.2, -0.15) is 0 Å². The third kappa shape index (κ3) is 3.70. The van der Waals surface area contributed by atoms with Crippen LogP contribution in [0, 0.1) is 6.92 Å². The SMILES string of the molecule is CC(=O)CCCSc1nnc(-c2cccc(C)c2)n1C. The van der Waals surface area contributed by atoms with E-state index >= 15 is 0 Å². The van der Waals surface area contributed by atoms with Crippen LogP contribution in [-0.2, 0) is 11.8 Å². The third-order valence-corrected chi connectivity index (χ3v) is 4.12. The largest absolute Gasteiger partial charge is 0.305 e. The Bertz CT molecular complexity index is 607. The van der Waals surface area contributed by atoms with Crippen molar-refractivity contribution in [3.63, 3.8) is 0 Å². The molecule has 0 amide bonds. The van der Waals surface area contributed by atoms with Crippen molar-refractivity contribution >= 4 is 17.5 Å². The number of thioether (sulfide) groups is 1. The van der Waals surface area contributed by atoms with E-state index in [2.05, 4.69) is 29.3 Å². The third-order valence-electron chi connectivity index (χ3n) is 3.02. The van der Waals surface area contributed by atoms with Crippen LogP contribution in [0.4, 0.5) is 0 Å². The number of ketones is 1. The second-order valence-corrected chi connectivity index (χ2v) is 5.95. The van der Waals surface area contributed by atoms with Crippen molar-refractivity contribution < 1.29 is 4.79 Å². The molecule has 106 valence electrons. The quantitative estimate of drug-likeness (QED) is 0.605. The average Bonchev–Trinajstić information content (AvgIpc) is 2.76. The number of nitrogens with zero attached hydrogens (tertiary/aromatic N) is 3. The molecule has 20 heavy (non-hydrogen) atoms. The molecule has 0 aliphatic carbocycles. The average molecular weight is 289 g/mol. The lowest BCUT2D eigenvalue weighted by Gasteiger charge is -2.04. The molecule has 1 heterocycles. The highest BCUT2D eigenvalue weighted by atomic mass is 32.2. The lowest BCUT2D eigenvalue weighted by Crippen LogP contribution is -1.96. The first-order valence-electron chi connectivity index (χ1n) is 6.66. The number of rotatable bonds is 6. The van der Waals surface area contributed by atoms with Crippen LogP contribution >= 0.6 is 11.8 Å². The molecule has 0 bridgehead atoms. The normalized spacial score (nSPS) is 10.8. The van der Waals surface area contributed by atoms with Gasteiger partial charge in [-0.25, -0.2) is 0 Å². The molecular weight excluding hydrogens is 270 g/mol. The molecule has 0 aliphatic heterocycles. The number of aryl methyl sites for hydroxylation is 1. The van der Waals surface area contributed by atoms with Gasteiger partial charge in [0.15, 0.2) is 11.0 Å². The van der Waals surface area contributed by atoms with Crippen LogP contribution in [0.1, 0.15) is 25.3 Å². The molecule has 1 aromatic heterocycles. The van der Waals surface area contributed by atoms with Crippen LogP contribution in [0.2, 0.25) is 0 Å². The van der Waals surface area contributed by atoms with Crippen LogP contribution in [0.5, 0.6) is 0 Å². The molecule has 0 N–H and O–H groups in total. The van der Waals surface area contributed by atoms with Gasteiger partial charge < -0.3 is 9.36 Å². The van der Waals surface area contributed by atoms with Crippen molar-refractivity contribution in [1.29, 1.82) is 0 Å². The summed E-state index contributed by atoms with van der Waals surface area (Å²) in [7, 11) is 1.98. The maximum Gasteiger partial charge on any atom is 0.191 e. The zero-order chi connectivity index (χ0) is 14.5. The highest BCUT2D eigenvalue weighted by molar-refractivity contribution is 7.99. The summed E-state index contributed by atoms with van der Waals surface area (Å²) in [5.41, 5.74) is 2.29. The van der Waals surface area contributed by atoms with E-state index in [1.807, 2.05) is 23.7 Å². The van der Waals surface area contributed by atoms with Crippen LogP contribution in [0.25, 0.3) is 11.4 Å². The first-order chi connectivity index (χ1) is 9.58. The Labute approximate surface area is 123 Å². The lowest BCUT2D eigenvalue weighted by atomic mass is 10.1. The molecule has 5 heteroatoms. The molecule has 0 saturated heterocycles. The Morgan fingerprint density at radius 3 is 2.85 bits per heavy atom. The summed E-state index contributed by atoms with van der Waals surface area (Å²) in [6.07, 6.45) is 1.52. The second kappa shape index (κ2) is 6.70. The van der Waals surface area contributed by atoms with Crippen molar-refractivity contribution in [3.8, 4) is 11.4 Å². The van der Waals surface area contributed by atoms with Crippen molar-refractivity contribution in [2.75, 3.05) is 5.75 Å². The van der Waals surface area contributed by atoms with Gasteiger partial charge in [0.05, 0.1) is 0 Å². The molecule has 2 rings (SSSR count). The van der Waals surface area contributed by atoms with Crippen molar-refractivity contribution in [2.24, 2.45) is 7.05 Å². The first kappa shape index (κ1) is 14.8. The van der Waals surface area contributed by atoms with E-state index in [9.17, 15) is 4.79 Å². The minimum atomic E-state index is 0.240. The van der Waals surface area contributed by atoms with Crippen LogP contribution in [0.3, 0.4) is 0 Å². The summed E-state index contributed by atoms with van der Waals surface area (Å²) in [5, 5.41) is 9.39. The van der Waals surface area contributed by atoms with Gasteiger partial charge in [0.1, 0.15) is 5.78 Å². The maximum absolute atomic E-state index is 10.9. The van der Waals surface area contributed by atoms with Gasteiger partial charge in [-0.1, -0.05) is 35.5 Å². The Balaban J connectivity index is 2.05. The van der Waals surface area contributed by atoms with Gasteiger partial charge in [-0.15, -0.1) is 10.2 Å². The summed E-state index contributed by atoms with van der Waals surface area (Å²) in [5.74, 6) is 2.01. The fourth-order valence-corrected chi connectivity index (χ4v) is 2.81. The fraction of sp³-hybridized carbons (Fsp3) is 0.400. The Hall–Kier alpha value is -1.62. The predicted octanol–water partition coefficient (Wildman–Crippen LogP) is 3.25. The minimum Gasteiger partial charge on any atom is -0.305 e. The van der Waals surface area contributed by atoms with Gasteiger partial charge in [-0.3, -0.25) is 0 Å². The van der Waals surface area contributed by atoms with Crippen LogP contribution < -0.4 is 0 Å². The summed E-state index contributed by atoms with van der Waals surface area (Å²) >= 11 is 1.65. The molecule has 2 aromatic rings. The van der Waals surface area contributed by atoms with E-state index in [1.165, 1.54) is 5.56 Å². The Kier molecular flexibility index (Phi) is 4.95. The molecule has 0 saturated carbocycles. The molecule has 0 radical (unpaired) electrons. The first-order valence-corrected chi connectivity index (χ1v) is 7.65. The molecule has 0 aliphatic rings. The van der Waals surface area contributed by atoms with Crippen LogP contribution in [0.15, 0.2) is 29.4 Å². The zero-order valence-electron chi connectivity index (χ0n) is 12.1. The van der Waals surface area contributed by atoms with Crippen molar-refractivity contribution in [2.45, 2.75) is 31.8 Å². The van der Waals surface area contributed by atoms with Gasteiger partial charge in [-0.05, 0) is 26.3 Å². The van der Waals surface area contributed by atoms with Gasteiger partial charge in [0.25, 0.3) is 0 Å². The van der Waals surface area contributed by atoms with Crippen molar-refractivity contribution in [1.82, 2.24) is 14.8 Å². The zero-order valence-corrected chi connectivity index (χ0v) is 12.9. The van der Waals surface area contributed by atoms with E-state index in [4.69, 9.17) is 0 Å². The molecule has 0 spiro atoms. The Morgan fingerprint density at radius 2 is 2.15 bits per heavy atom. The number of Topliss-reactive ketones (excluding diaryl/α,β-unsaturated/α-hetero) is 1.